The molecule has 0 N–H and O–H groups in total. The lowest BCUT2D eigenvalue weighted by Crippen LogP contribution is -2.28. The van der Waals surface area contributed by atoms with Gasteiger partial charge in [-0.15, -0.1) is 0 Å². The van der Waals surface area contributed by atoms with Gasteiger partial charge in [0.05, 0.1) is 25.6 Å². The van der Waals surface area contributed by atoms with Crippen LogP contribution in [0.1, 0.15) is 20.3 Å². The standard InChI is InChI=1S/C12H19N3O3/c1-4-6-18-11-8-13-7-10(14-11)15(3)9-12(16)17-5-2/h7-8H,4-6,9H2,1-3H3. The van der Waals surface area contributed by atoms with Gasteiger partial charge in [-0.3, -0.25) is 9.78 Å². The van der Waals surface area contributed by atoms with Crippen molar-refractivity contribution in [3.05, 3.63) is 12.4 Å². The molecule has 100 valence electrons. The predicted molar refractivity (Wildman–Crippen MR) is 67.7 cm³/mol. The fourth-order valence-corrected chi connectivity index (χ4v) is 1.28. The summed E-state index contributed by atoms with van der Waals surface area (Å²) in [5.41, 5.74) is 0. The molecule has 0 fully saturated rings. The van der Waals surface area contributed by atoms with Gasteiger partial charge < -0.3 is 14.4 Å². The van der Waals surface area contributed by atoms with E-state index in [0.29, 0.717) is 24.9 Å². The maximum Gasteiger partial charge on any atom is 0.325 e. The van der Waals surface area contributed by atoms with E-state index >= 15 is 0 Å². The second-order valence-electron chi connectivity index (χ2n) is 3.73. The molecule has 0 radical (unpaired) electrons. The molecule has 0 spiro atoms. The molecule has 0 aliphatic carbocycles. The van der Waals surface area contributed by atoms with Gasteiger partial charge in [-0.1, -0.05) is 6.92 Å². The number of carbonyl (C=O) groups excluding carboxylic acids is 1. The molecule has 0 amide bonds. The van der Waals surface area contributed by atoms with E-state index in [2.05, 4.69) is 9.97 Å². The smallest absolute Gasteiger partial charge is 0.325 e. The summed E-state index contributed by atoms with van der Waals surface area (Å²) in [5.74, 6) is 0.753. The van der Waals surface area contributed by atoms with E-state index in [1.165, 1.54) is 0 Å². The van der Waals surface area contributed by atoms with Crippen molar-refractivity contribution >= 4 is 11.8 Å². The van der Waals surface area contributed by atoms with Gasteiger partial charge >= 0.3 is 5.97 Å². The van der Waals surface area contributed by atoms with Gasteiger partial charge in [0.25, 0.3) is 0 Å². The molecule has 6 nitrogen and oxygen atoms in total. The number of hydrogen-bond acceptors (Lipinski definition) is 6. The highest BCUT2D eigenvalue weighted by Gasteiger charge is 2.10. The van der Waals surface area contributed by atoms with Crippen molar-refractivity contribution in [3.63, 3.8) is 0 Å². The van der Waals surface area contributed by atoms with E-state index in [-0.39, 0.29) is 12.5 Å². The molecule has 1 heterocycles. The third-order valence-corrected chi connectivity index (χ3v) is 2.12. The molecule has 0 aliphatic rings. The number of likely N-dealkylation sites (N-methyl/N-ethyl adjacent to an activating group) is 1. The summed E-state index contributed by atoms with van der Waals surface area (Å²) >= 11 is 0. The van der Waals surface area contributed by atoms with Crippen LogP contribution in [0.25, 0.3) is 0 Å². The van der Waals surface area contributed by atoms with E-state index in [1.54, 1.807) is 31.3 Å². The summed E-state index contributed by atoms with van der Waals surface area (Å²) in [6, 6.07) is 0. The molecule has 0 unspecified atom stereocenters. The van der Waals surface area contributed by atoms with E-state index in [1.807, 2.05) is 6.92 Å². The van der Waals surface area contributed by atoms with E-state index in [4.69, 9.17) is 9.47 Å². The van der Waals surface area contributed by atoms with Crippen molar-refractivity contribution in [2.24, 2.45) is 0 Å². The van der Waals surface area contributed by atoms with Crippen LogP contribution in [0.5, 0.6) is 5.88 Å². The monoisotopic (exact) mass is 253 g/mol. The zero-order valence-corrected chi connectivity index (χ0v) is 11.0. The lowest BCUT2D eigenvalue weighted by molar-refractivity contribution is -0.141. The molecular weight excluding hydrogens is 234 g/mol. The summed E-state index contributed by atoms with van der Waals surface area (Å²) in [4.78, 5) is 21.3. The molecular formula is C12H19N3O3. The molecule has 0 aromatic carbocycles. The first kappa shape index (κ1) is 14.2. The molecule has 0 saturated carbocycles. The summed E-state index contributed by atoms with van der Waals surface area (Å²) in [5, 5.41) is 0. The number of nitrogens with zero attached hydrogens (tertiary/aromatic N) is 3. The van der Waals surface area contributed by atoms with Crippen LogP contribution in [0.4, 0.5) is 5.82 Å². The maximum atomic E-state index is 11.3. The van der Waals surface area contributed by atoms with Gasteiger partial charge in [0.15, 0.2) is 5.82 Å². The van der Waals surface area contributed by atoms with Gasteiger partial charge in [-0.2, -0.15) is 4.98 Å². The number of ether oxygens (including phenoxy) is 2. The Balaban J connectivity index is 2.61. The number of carbonyl (C=O) groups is 1. The van der Waals surface area contributed by atoms with Crippen LogP contribution in [0.15, 0.2) is 12.4 Å². The van der Waals surface area contributed by atoms with Gasteiger partial charge in [0, 0.05) is 7.05 Å². The minimum atomic E-state index is -0.290. The molecule has 1 aromatic heterocycles. The predicted octanol–water partition coefficient (Wildman–Crippen LogP) is 1.26. The zero-order valence-electron chi connectivity index (χ0n) is 11.0. The van der Waals surface area contributed by atoms with Gasteiger partial charge in [-0.25, -0.2) is 0 Å². The van der Waals surface area contributed by atoms with Crippen LogP contribution in [0.2, 0.25) is 0 Å². The second kappa shape index (κ2) is 7.47. The van der Waals surface area contributed by atoms with Crippen LogP contribution in [0.3, 0.4) is 0 Å². The Bertz CT molecular complexity index is 385. The largest absolute Gasteiger partial charge is 0.477 e. The fraction of sp³-hybridized carbons (Fsp3) is 0.583. The Morgan fingerprint density at radius 1 is 1.39 bits per heavy atom. The number of rotatable bonds is 7. The van der Waals surface area contributed by atoms with Crippen molar-refractivity contribution in [2.75, 3.05) is 31.7 Å². The number of esters is 1. The molecule has 1 rings (SSSR count). The topological polar surface area (TPSA) is 64.5 Å². The van der Waals surface area contributed by atoms with E-state index in [0.717, 1.165) is 6.42 Å². The molecule has 6 heteroatoms. The molecule has 0 aliphatic heterocycles. The number of hydrogen-bond donors (Lipinski definition) is 0. The first-order valence-electron chi connectivity index (χ1n) is 5.99. The van der Waals surface area contributed by atoms with Crippen LogP contribution in [0, 0.1) is 0 Å². The average Bonchev–Trinajstić information content (AvgIpc) is 2.37. The van der Waals surface area contributed by atoms with Crippen molar-refractivity contribution in [1.82, 2.24) is 9.97 Å². The van der Waals surface area contributed by atoms with Crippen molar-refractivity contribution in [2.45, 2.75) is 20.3 Å². The lowest BCUT2D eigenvalue weighted by atomic mass is 10.5. The van der Waals surface area contributed by atoms with E-state index in [9.17, 15) is 4.79 Å². The second-order valence-corrected chi connectivity index (χ2v) is 3.73. The molecule has 0 saturated heterocycles. The minimum absolute atomic E-state index is 0.139. The van der Waals surface area contributed by atoms with Crippen LogP contribution in [-0.2, 0) is 9.53 Å². The summed E-state index contributed by atoms with van der Waals surface area (Å²) in [6.07, 6.45) is 4.04. The zero-order chi connectivity index (χ0) is 13.4. The van der Waals surface area contributed by atoms with E-state index < -0.39 is 0 Å². The minimum Gasteiger partial charge on any atom is -0.477 e. The highest BCUT2D eigenvalue weighted by molar-refractivity contribution is 5.75. The molecule has 1 aromatic rings. The highest BCUT2D eigenvalue weighted by atomic mass is 16.5. The highest BCUT2D eigenvalue weighted by Crippen LogP contribution is 2.12. The van der Waals surface area contributed by atoms with Crippen molar-refractivity contribution < 1.29 is 14.3 Å². The summed E-state index contributed by atoms with van der Waals surface area (Å²) in [7, 11) is 1.75. The van der Waals surface area contributed by atoms with Gasteiger partial charge in [0.2, 0.25) is 5.88 Å². The first-order chi connectivity index (χ1) is 8.67. The molecule has 0 bridgehead atoms. The molecule has 0 atom stereocenters. The SMILES string of the molecule is CCCOc1cncc(N(C)CC(=O)OCC)n1. The maximum absolute atomic E-state index is 11.3. The number of anilines is 1. The number of aromatic nitrogens is 2. The third kappa shape index (κ3) is 4.57. The Morgan fingerprint density at radius 2 is 2.17 bits per heavy atom. The molecule has 18 heavy (non-hydrogen) atoms. The lowest BCUT2D eigenvalue weighted by Gasteiger charge is -2.17. The fourth-order valence-electron chi connectivity index (χ4n) is 1.28. The van der Waals surface area contributed by atoms with Crippen molar-refractivity contribution in [3.8, 4) is 5.88 Å². The third-order valence-electron chi connectivity index (χ3n) is 2.12. The Hall–Kier alpha value is -1.85. The van der Waals surface area contributed by atoms with Crippen LogP contribution < -0.4 is 9.64 Å². The van der Waals surface area contributed by atoms with Gasteiger partial charge in [0.1, 0.15) is 6.54 Å². The summed E-state index contributed by atoms with van der Waals surface area (Å²) < 4.78 is 10.3. The Morgan fingerprint density at radius 3 is 2.83 bits per heavy atom. The van der Waals surface area contributed by atoms with Crippen molar-refractivity contribution in [1.29, 1.82) is 0 Å². The van der Waals surface area contributed by atoms with Crippen LogP contribution >= 0.6 is 0 Å². The summed E-state index contributed by atoms with van der Waals surface area (Å²) in [6.45, 7) is 4.90. The average molecular weight is 253 g/mol. The normalized spacial score (nSPS) is 9.94. The quantitative estimate of drug-likeness (QED) is 0.682. The Labute approximate surface area is 107 Å². The first-order valence-corrected chi connectivity index (χ1v) is 5.99. The Kier molecular flexibility index (Phi) is 5.90. The van der Waals surface area contributed by atoms with Crippen LogP contribution in [-0.4, -0.2) is 42.7 Å². The van der Waals surface area contributed by atoms with Gasteiger partial charge in [-0.05, 0) is 13.3 Å².